The van der Waals surface area contributed by atoms with Gasteiger partial charge in [0.25, 0.3) is 11.6 Å². The summed E-state index contributed by atoms with van der Waals surface area (Å²) in [5, 5.41) is 13.6. The van der Waals surface area contributed by atoms with Crippen LogP contribution in [0.5, 0.6) is 5.75 Å². The van der Waals surface area contributed by atoms with Gasteiger partial charge in [-0.1, -0.05) is 23.2 Å². The summed E-state index contributed by atoms with van der Waals surface area (Å²) in [6.07, 6.45) is -0.943. The van der Waals surface area contributed by atoms with Gasteiger partial charge < -0.3 is 14.8 Å². The van der Waals surface area contributed by atoms with Gasteiger partial charge >= 0.3 is 5.97 Å². The molecule has 1 N–H and O–H groups in total. The quantitative estimate of drug-likeness (QED) is 0.420. The van der Waals surface area contributed by atoms with E-state index in [0.717, 1.165) is 6.07 Å². The molecule has 0 saturated heterocycles. The molecule has 0 aliphatic carbocycles. The Labute approximate surface area is 164 Å². The number of esters is 1. The number of ether oxygens (including phenoxy) is 2. The molecule has 2 aromatic carbocycles. The Morgan fingerprint density at radius 3 is 2.44 bits per heavy atom. The summed E-state index contributed by atoms with van der Waals surface area (Å²) < 4.78 is 10.3. The molecule has 0 spiro atoms. The molecule has 2 rings (SSSR count). The van der Waals surface area contributed by atoms with E-state index in [4.69, 9.17) is 32.7 Å². The van der Waals surface area contributed by atoms with Crippen molar-refractivity contribution in [3.8, 4) is 5.75 Å². The normalized spacial score (nSPS) is 11.4. The molecule has 1 amide bonds. The third kappa shape index (κ3) is 6.12. The van der Waals surface area contributed by atoms with E-state index in [-0.39, 0.29) is 16.4 Å². The van der Waals surface area contributed by atoms with Crippen LogP contribution in [0.2, 0.25) is 10.0 Å². The van der Waals surface area contributed by atoms with Crippen molar-refractivity contribution in [2.45, 2.75) is 13.0 Å². The second-order valence-corrected chi connectivity index (χ2v) is 6.13. The predicted molar refractivity (Wildman–Crippen MR) is 99.2 cm³/mol. The fourth-order valence-electron chi connectivity index (χ4n) is 1.92. The van der Waals surface area contributed by atoms with E-state index in [1.807, 2.05) is 0 Å². The summed E-state index contributed by atoms with van der Waals surface area (Å²) in [7, 11) is 0. The number of nitro groups is 1. The number of halogens is 2. The maximum absolute atomic E-state index is 11.9. The molecule has 0 unspecified atom stereocenters. The Kier molecular flexibility index (Phi) is 6.98. The number of rotatable bonds is 7. The van der Waals surface area contributed by atoms with E-state index in [1.165, 1.54) is 19.1 Å². The van der Waals surface area contributed by atoms with E-state index in [0.29, 0.717) is 10.8 Å². The summed E-state index contributed by atoms with van der Waals surface area (Å²) >= 11 is 11.6. The molecule has 0 saturated carbocycles. The van der Waals surface area contributed by atoms with Gasteiger partial charge in [-0.2, -0.15) is 0 Å². The van der Waals surface area contributed by atoms with Crippen LogP contribution in [0.1, 0.15) is 6.92 Å². The summed E-state index contributed by atoms with van der Waals surface area (Å²) in [5.74, 6) is -0.973. The van der Waals surface area contributed by atoms with Crippen molar-refractivity contribution in [3.05, 3.63) is 62.6 Å². The Hall–Kier alpha value is -2.84. The molecule has 142 valence electrons. The minimum atomic E-state index is -0.943. The molecule has 0 fully saturated rings. The average molecular weight is 413 g/mol. The van der Waals surface area contributed by atoms with Crippen LogP contribution in [0.3, 0.4) is 0 Å². The highest BCUT2D eigenvalue weighted by Gasteiger charge is 2.18. The molecule has 0 heterocycles. The van der Waals surface area contributed by atoms with Crippen LogP contribution in [-0.4, -0.2) is 29.5 Å². The average Bonchev–Trinajstić information content (AvgIpc) is 2.63. The summed E-state index contributed by atoms with van der Waals surface area (Å²) in [5.41, 5.74) is -0.0496. The van der Waals surface area contributed by atoms with Crippen LogP contribution in [0.25, 0.3) is 0 Å². The number of hydrogen-bond acceptors (Lipinski definition) is 6. The maximum Gasteiger partial charge on any atom is 0.347 e. The number of benzene rings is 2. The number of anilines is 1. The monoisotopic (exact) mass is 412 g/mol. The lowest BCUT2D eigenvalue weighted by Gasteiger charge is -2.14. The Bertz CT molecular complexity index is 857. The van der Waals surface area contributed by atoms with E-state index >= 15 is 0 Å². The molecule has 8 nitrogen and oxygen atoms in total. The van der Waals surface area contributed by atoms with Gasteiger partial charge in [0.05, 0.1) is 15.6 Å². The van der Waals surface area contributed by atoms with Crippen LogP contribution in [-0.2, 0) is 14.3 Å². The SMILES string of the molecule is C[C@H](Oc1ccc(Cl)cc1)C(=O)OCC(=O)Nc1ccc([N+](=O)[O-])cc1Cl. The van der Waals surface area contributed by atoms with Gasteiger partial charge in [0.1, 0.15) is 5.75 Å². The number of carbonyl (C=O) groups excluding carboxylic acids is 2. The lowest BCUT2D eigenvalue weighted by atomic mass is 10.3. The lowest BCUT2D eigenvalue weighted by Crippen LogP contribution is -2.29. The fraction of sp³-hybridized carbons (Fsp3) is 0.176. The summed E-state index contributed by atoms with van der Waals surface area (Å²) in [4.78, 5) is 33.8. The fourth-order valence-corrected chi connectivity index (χ4v) is 2.27. The van der Waals surface area contributed by atoms with Crippen molar-refractivity contribution in [3.63, 3.8) is 0 Å². The van der Waals surface area contributed by atoms with E-state index in [1.54, 1.807) is 24.3 Å². The first-order valence-electron chi connectivity index (χ1n) is 7.59. The highest BCUT2D eigenvalue weighted by Crippen LogP contribution is 2.26. The smallest absolute Gasteiger partial charge is 0.347 e. The summed E-state index contributed by atoms with van der Waals surface area (Å²) in [6.45, 7) is 0.905. The minimum Gasteiger partial charge on any atom is -0.479 e. The molecule has 1 atom stereocenters. The number of nitro benzene ring substituents is 1. The van der Waals surface area contributed by atoms with Crippen molar-refractivity contribution in [1.82, 2.24) is 0 Å². The predicted octanol–water partition coefficient (Wildman–Crippen LogP) is 3.85. The number of amides is 1. The second-order valence-electron chi connectivity index (χ2n) is 5.29. The van der Waals surface area contributed by atoms with Crippen LogP contribution < -0.4 is 10.1 Å². The number of hydrogen-bond donors (Lipinski definition) is 1. The van der Waals surface area contributed by atoms with Gasteiger partial charge in [0.2, 0.25) is 0 Å². The van der Waals surface area contributed by atoms with Crippen LogP contribution >= 0.6 is 23.2 Å². The standard InChI is InChI=1S/C17H14Cl2N2O6/c1-10(27-13-5-2-11(18)3-6-13)17(23)26-9-16(22)20-15-7-4-12(21(24)25)8-14(15)19/h2-8,10H,9H2,1H3,(H,20,22)/t10-/m0/s1. The highest BCUT2D eigenvalue weighted by molar-refractivity contribution is 6.34. The Balaban J connectivity index is 1.84. The van der Waals surface area contributed by atoms with Crippen molar-refractivity contribution in [2.75, 3.05) is 11.9 Å². The highest BCUT2D eigenvalue weighted by atomic mass is 35.5. The van der Waals surface area contributed by atoms with Gasteiger partial charge in [0, 0.05) is 17.2 Å². The first kappa shape index (κ1) is 20.5. The van der Waals surface area contributed by atoms with E-state index in [2.05, 4.69) is 5.32 Å². The largest absolute Gasteiger partial charge is 0.479 e. The lowest BCUT2D eigenvalue weighted by molar-refractivity contribution is -0.384. The Morgan fingerprint density at radius 2 is 1.85 bits per heavy atom. The molecule has 0 aliphatic heterocycles. The van der Waals surface area contributed by atoms with Gasteiger partial charge in [-0.3, -0.25) is 14.9 Å². The van der Waals surface area contributed by atoms with Crippen molar-refractivity contribution < 1.29 is 24.0 Å². The number of carbonyl (C=O) groups is 2. The van der Waals surface area contributed by atoms with Gasteiger partial charge in [-0.15, -0.1) is 0 Å². The zero-order valence-corrected chi connectivity index (χ0v) is 15.5. The number of nitrogens with one attached hydrogen (secondary N) is 1. The minimum absolute atomic E-state index is 0.0108. The molecule has 0 radical (unpaired) electrons. The first-order valence-corrected chi connectivity index (χ1v) is 8.34. The number of nitrogens with zero attached hydrogens (tertiary/aromatic N) is 1. The zero-order valence-electron chi connectivity index (χ0n) is 14.0. The van der Waals surface area contributed by atoms with Gasteiger partial charge in [0.15, 0.2) is 12.7 Å². The van der Waals surface area contributed by atoms with Crippen molar-refractivity contribution in [2.24, 2.45) is 0 Å². The molecule has 0 bridgehead atoms. The molecule has 2 aromatic rings. The third-order valence-corrected chi connectivity index (χ3v) is 3.81. The van der Waals surface area contributed by atoms with Crippen molar-refractivity contribution >= 4 is 46.5 Å². The molecule has 0 aromatic heterocycles. The first-order chi connectivity index (χ1) is 12.8. The van der Waals surface area contributed by atoms with Crippen molar-refractivity contribution in [1.29, 1.82) is 0 Å². The topological polar surface area (TPSA) is 108 Å². The van der Waals surface area contributed by atoms with Crippen LogP contribution in [0.15, 0.2) is 42.5 Å². The zero-order chi connectivity index (χ0) is 20.0. The van der Waals surface area contributed by atoms with Gasteiger partial charge in [-0.05, 0) is 37.3 Å². The molecular formula is C17H14Cl2N2O6. The molecule has 0 aliphatic rings. The third-order valence-electron chi connectivity index (χ3n) is 3.24. The molecule has 10 heteroatoms. The van der Waals surface area contributed by atoms with E-state index < -0.39 is 29.5 Å². The van der Waals surface area contributed by atoms with Crippen LogP contribution in [0.4, 0.5) is 11.4 Å². The summed E-state index contributed by atoms with van der Waals surface area (Å²) in [6, 6.07) is 9.98. The maximum atomic E-state index is 11.9. The molecular weight excluding hydrogens is 399 g/mol. The number of non-ortho nitro benzene ring substituents is 1. The van der Waals surface area contributed by atoms with Crippen LogP contribution in [0, 0.1) is 10.1 Å². The molecule has 27 heavy (non-hydrogen) atoms. The van der Waals surface area contributed by atoms with E-state index in [9.17, 15) is 19.7 Å². The van der Waals surface area contributed by atoms with Gasteiger partial charge in [-0.25, -0.2) is 4.79 Å². The second kappa shape index (κ2) is 9.20. The Morgan fingerprint density at radius 1 is 1.19 bits per heavy atom.